The summed E-state index contributed by atoms with van der Waals surface area (Å²) in [6, 6.07) is 0. The minimum atomic E-state index is 0.572. The Morgan fingerprint density at radius 1 is 1.43 bits per heavy atom. The van der Waals surface area contributed by atoms with Gasteiger partial charge in [0.05, 0.1) is 0 Å². The maximum absolute atomic E-state index is 5.35. The molecule has 0 spiro atoms. The molecule has 2 nitrogen and oxygen atoms in total. The Bertz CT molecular complexity index is 80.1. The van der Waals surface area contributed by atoms with Gasteiger partial charge in [-0.15, -0.1) is 0 Å². The molecule has 0 saturated heterocycles. The molecule has 0 aliphatic carbocycles. The summed E-state index contributed by atoms with van der Waals surface area (Å²) in [5.74, 6) is 0. The fourth-order valence-electron chi connectivity index (χ4n) is 0.161. The SMILES string of the molecule is CC(N)=C(C)CN. The van der Waals surface area contributed by atoms with Gasteiger partial charge in [0.1, 0.15) is 0 Å². The first kappa shape index (κ1) is 6.50. The van der Waals surface area contributed by atoms with Crippen molar-refractivity contribution in [3.05, 3.63) is 11.3 Å². The maximum Gasteiger partial charge on any atom is 0.0153 e. The van der Waals surface area contributed by atoms with E-state index in [1.54, 1.807) is 0 Å². The first-order valence-electron chi connectivity index (χ1n) is 2.30. The molecule has 0 aromatic carbocycles. The van der Waals surface area contributed by atoms with Gasteiger partial charge in [-0.2, -0.15) is 0 Å². The molecule has 0 aliphatic heterocycles. The lowest BCUT2D eigenvalue weighted by atomic mass is 10.2. The molecular weight excluding hydrogens is 88.1 g/mol. The molecule has 0 amide bonds. The van der Waals surface area contributed by atoms with Gasteiger partial charge in [-0.3, -0.25) is 0 Å². The quantitative estimate of drug-likeness (QED) is 0.494. The van der Waals surface area contributed by atoms with Crippen molar-refractivity contribution >= 4 is 0 Å². The van der Waals surface area contributed by atoms with Crippen LogP contribution < -0.4 is 11.5 Å². The number of hydrogen-bond donors (Lipinski definition) is 2. The monoisotopic (exact) mass is 100 g/mol. The third-order valence-corrected chi connectivity index (χ3v) is 0.979. The largest absolute Gasteiger partial charge is 0.402 e. The summed E-state index contributed by atoms with van der Waals surface area (Å²) in [6.45, 7) is 4.35. The van der Waals surface area contributed by atoms with Crippen molar-refractivity contribution in [3.8, 4) is 0 Å². The van der Waals surface area contributed by atoms with Gasteiger partial charge in [0.25, 0.3) is 0 Å². The fraction of sp³-hybridized carbons (Fsp3) is 0.600. The summed E-state index contributed by atoms with van der Waals surface area (Å²) in [5.41, 5.74) is 12.5. The summed E-state index contributed by atoms with van der Waals surface area (Å²) >= 11 is 0. The van der Waals surface area contributed by atoms with Crippen LogP contribution >= 0.6 is 0 Å². The summed E-state index contributed by atoms with van der Waals surface area (Å²) in [5, 5.41) is 0. The number of hydrogen-bond acceptors (Lipinski definition) is 2. The topological polar surface area (TPSA) is 52.0 Å². The predicted octanol–water partition coefficient (Wildman–Crippen LogP) is 0.198. The van der Waals surface area contributed by atoms with E-state index in [9.17, 15) is 0 Å². The van der Waals surface area contributed by atoms with Gasteiger partial charge in [0.15, 0.2) is 0 Å². The van der Waals surface area contributed by atoms with Gasteiger partial charge in [0, 0.05) is 12.2 Å². The molecule has 42 valence electrons. The zero-order valence-electron chi connectivity index (χ0n) is 4.86. The highest BCUT2D eigenvalue weighted by molar-refractivity contribution is 5.06. The van der Waals surface area contributed by atoms with Crippen LogP contribution in [0.2, 0.25) is 0 Å². The van der Waals surface area contributed by atoms with Crippen molar-refractivity contribution in [1.29, 1.82) is 0 Å². The van der Waals surface area contributed by atoms with Crippen molar-refractivity contribution in [2.45, 2.75) is 13.8 Å². The highest BCUT2D eigenvalue weighted by Gasteiger charge is 1.83. The first-order chi connectivity index (χ1) is 3.18. The van der Waals surface area contributed by atoms with E-state index in [1.807, 2.05) is 13.8 Å². The predicted molar refractivity (Wildman–Crippen MR) is 31.6 cm³/mol. The van der Waals surface area contributed by atoms with E-state index in [2.05, 4.69) is 0 Å². The Kier molecular flexibility index (Phi) is 2.45. The van der Waals surface area contributed by atoms with Crippen LogP contribution in [0.15, 0.2) is 11.3 Å². The van der Waals surface area contributed by atoms with Gasteiger partial charge in [-0.05, 0) is 19.4 Å². The lowest BCUT2D eigenvalue weighted by Gasteiger charge is -1.95. The summed E-state index contributed by atoms with van der Waals surface area (Å²) in [4.78, 5) is 0. The zero-order chi connectivity index (χ0) is 5.86. The van der Waals surface area contributed by atoms with Crippen LogP contribution in [0, 0.1) is 0 Å². The van der Waals surface area contributed by atoms with Crippen LogP contribution in [0.5, 0.6) is 0 Å². The molecule has 0 aromatic rings. The average Bonchev–Trinajstić information content (AvgIpc) is 1.65. The molecule has 0 unspecified atom stereocenters. The Hall–Kier alpha value is -0.500. The summed E-state index contributed by atoms with van der Waals surface area (Å²) < 4.78 is 0. The summed E-state index contributed by atoms with van der Waals surface area (Å²) in [6.07, 6.45) is 0. The second-order valence-electron chi connectivity index (χ2n) is 1.67. The second-order valence-corrected chi connectivity index (χ2v) is 1.67. The van der Waals surface area contributed by atoms with Crippen LogP contribution in [0.3, 0.4) is 0 Å². The molecular formula is C5H12N2. The van der Waals surface area contributed by atoms with Crippen molar-refractivity contribution in [3.63, 3.8) is 0 Å². The molecule has 0 heterocycles. The Balaban J connectivity index is 3.72. The zero-order valence-corrected chi connectivity index (χ0v) is 4.86. The third kappa shape index (κ3) is 2.23. The van der Waals surface area contributed by atoms with Crippen LogP contribution in [-0.4, -0.2) is 6.54 Å². The highest BCUT2D eigenvalue weighted by Crippen LogP contribution is 1.90. The van der Waals surface area contributed by atoms with E-state index in [-0.39, 0.29) is 0 Å². The van der Waals surface area contributed by atoms with Crippen LogP contribution in [0.25, 0.3) is 0 Å². The van der Waals surface area contributed by atoms with Gasteiger partial charge >= 0.3 is 0 Å². The number of rotatable bonds is 1. The van der Waals surface area contributed by atoms with E-state index in [0.717, 1.165) is 11.3 Å². The minimum absolute atomic E-state index is 0.572. The normalized spacial score (nSPS) is 13.6. The molecule has 0 atom stereocenters. The molecule has 0 fully saturated rings. The van der Waals surface area contributed by atoms with Crippen molar-refractivity contribution < 1.29 is 0 Å². The maximum atomic E-state index is 5.35. The minimum Gasteiger partial charge on any atom is -0.402 e. The molecule has 0 saturated carbocycles. The molecule has 0 bridgehead atoms. The third-order valence-electron chi connectivity index (χ3n) is 0.979. The number of allylic oxidation sites excluding steroid dienone is 1. The smallest absolute Gasteiger partial charge is 0.0153 e. The van der Waals surface area contributed by atoms with E-state index < -0.39 is 0 Å². The molecule has 4 N–H and O–H groups in total. The van der Waals surface area contributed by atoms with Crippen LogP contribution in [0.1, 0.15) is 13.8 Å². The van der Waals surface area contributed by atoms with E-state index in [0.29, 0.717) is 6.54 Å². The van der Waals surface area contributed by atoms with E-state index >= 15 is 0 Å². The van der Waals surface area contributed by atoms with Crippen LogP contribution in [-0.2, 0) is 0 Å². The molecule has 0 radical (unpaired) electrons. The van der Waals surface area contributed by atoms with Crippen molar-refractivity contribution in [2.24, 2.45) is 11.5 Å². The van der Waals surface area contributed by atoms with Gasteiger partial charge in [0.2, 0.25) is 0 Å². The fourth-order valence-corrected chi connectivity index (χ4v) is 0.161. The van der Waals surface area contributed by atoms with Crippen molar-refractivity contribution in [1.82, 2.24) is 0 Å². The molecule has 2 heteroatoms. The van der Waals surface area contributed by atoms with E-state index in [1.165, 1.54) is 0 Å². The van der Waals surface area contributed by atoms with Gasteiger partial charge in [-0.1, -0.05) is 0 Å². The lowest BCUT2D eigenvalue weighted by molar-refractivity contribution is 1.07. The molecule has 0 rings (SSSR count). The summed E-state index contributed by atoms with van der Waals surface area (Å²) in [7, 11) is 0. The highest BCUT2D eigenvalue weighted by atomic mass is 14.6. The Morgan fingerprint density at radius 3 is 1.86 bits per heavy atom. The molecule has 0 aliphatic rings. The molecule has 0 aromatic heterocycles. The molecule has 7 heavy (non-hydrogen) atoms. The van der Waals surface area contributed by atoms with Gasteiger partial charge in [-0.25, -0.2) is 0 Å². The lowest BCUT2D eigenvalue weighted by Crippen LogP contribution is -2.06. The van der Waals surface area contributed by atoms with Crippen LogP contribution in [0.4, 0.5) is 0 Å². The average molecular weight is 100 g/mol. The Morgan fingerprint density at radius 2 is 1.86 bits per heavy atom. The van der Waals surface area contributed by atoms with Crippen molar-refractivity contribution in [2.75, 3.05) is 6.54 Å². The second kappa shape index (κ2) is 2.64. The first-order valence-corrected chi connectivity index (χ1v) is 2.30. The van der Waals surface area contributed by atoms with Gasteiger partial charge < -0.3 is 11.5 Å². The number of nitrogens with two attached hydrogens (primary N) is 2. The standard InChI is InChI=1S/C5H12N2/c1-4(3-6)5(2)7/h3,6-7H2,1-2H3. The van der Waals surface area contributed by atoms with E-state index in [4.69, 9.17) is 11.5 Å². The Labute approximate surface area is 44.2 Å².